The van der Waals surface area contributed by atoms with Gasteiger partial charge in [-0.2, -0.15) is 0 Å². The lowest BCUT2D eigenvalue weighted by atomic mass is 9.95. The summed E-state index contributed by atoms with van der Waals surface area (Å²) < 4.78 is 6.62. The van der Waals surface area contributed by atoms with Gasteiger partial charge in [-0.25, -0.2) is 14.8 Å². The van der Waals surface area contributed by atoms with Gasteiger partial charge in [-0.3, -0.25) is 0 Å². The van der Waals surface area contributed by atoms with Crippen molar-refractivity contribution in [3.63, 3.8) is 0 Å². The minimum Gasteiger partial charge on any atom is -0.508 e. The second-order valence-corrected chi connectivity index (χ2v) is 9.89. The summed E-state index contributed by atoms with van der Waals surface area (Å²) in [5.41, 5.74) is 3.96. The number of fused-ring (bicyclic) bond motifs is 1. The number of halogens is 1. The Balaban J connectivity index is 1.71. The zero-order valence-corrected chi connectivity index (χ0v) is 22.1. The second kappa shape index (κ2) is 9.71. The normalized spacial score (nSPS) is 11.1. The van der Waals surface area contributed by atoms with E-state index in [1.807, 2.05) is 51.4 Å². The number of rotatable bonds is 5. The predicted molar refractivity (Wildman–Crippen MR) is 148 cm³/mol. The van der Waals surface area contributed by atoms with E-state index in [1.165, 1.54) is 0 Å². The van der Waals surface area contributed by atoms with Crippen LogP contribution in [-0.2, 0) is 6.42 Å². The molecule has 2 aromatic heterocycles. The maximum Gasteiger partial charge on any atom is 0.344 e. The molecule has 2 heterocycles. The molecule has 0 spiro atoms. The topological polar surface area (TPSA) is 99.7 Å². The highest BCUT2D eigenvalue weighted by Gasteiger charge is 2.21. The van der Waals surface area contributed by atoms with Gasteiger partial charge < -0.3 is 19.5 Å². The molecule has 5 aromatic rings. The van der Waals surface area contributed by atoms with Crippen LogP contribution >= 0.6 is 15.9 Å². The third kappa shape index (κ3) is 4.56. The molecule has 0 radical (unpaired) electrons. The second-order valence-electron chi connectivity index (χ2n) is 8.97. The molecular weight excluding hydrogens is 534 g/mol. The van der Waals surface area contributed by atoms with Crippen molar-refractivity contribution in [2.24, 2.45) is 0 Å². The zero-order valence-electron chi connectivity index (χ0n) is 20.5. The molecule has 0 saturated carbocycles. The minimum absolute atomic E-state index is 0.0105. The fraction of sp³-hybridized carbons (Fsp3) is 0.138. The summed E-state index contributed by atoms with van der Waals surface area (Å²) in [7, 11) is 3.66. The molecule has 0 bridgehead atoms. The van der Waals surface area contributed by atoms with Crippen LogP contribution in [0.15, 0.2) is 80.5 Å². The molecule has 37 heavy (non-hydrogen) atoms. The van der Waals surface area contributed by atoms with Crippen LogP contribution in [0.25, 0.3) is 33.4 Å². The van der Waals surface area contributed by atoms with Crippen molar-refractivity contribution in [2.45, 2.75) is 13.3 Å². The van der Waals surface area contributed by atoms with Gasteiger partial charge in [0.25, 0.3) is 0 Å². The van der Waals surface area contributed by atoms with Crippen LogP contribution in [0.4, 0.5) is 5.95 Å². The van der Waals surface area contributed by atoms with Gasteiger partial charge in [0, 0.05) is 53.3 Å². The van der Waals surface area contributed by atoms with E-state index in [0.717, 1.165) is 21.0 Å². The highest BCUT2D eigenvalue weighted by molar-refractivity contribution is 9.10. The molecule has 0 aliphatic heterocycles. The van der Waals surface area contributed by atoms with Crippen LogP contribution in [0.5, 0.6) is 11.5 Å². The molecule has 0 amide bonds. The summed E-state index contributed by atoms with van der Waals surface area (Å²) in [5.74, 6) is 0.517. The van der Waals surface area contributed by atoms with Gasteiger partial charge in [-0.15, -0.1) is 0 Å². The van der Waals surface area contributed by atoms with Crippen molar-refractivity contribution < 1.29 is 14.6 Å². The van der Waals surface area contributed by atoms with E-state index in [1.54, 1.807) is 41.4 Å². The molecule has 0 atom stereocenters. The van der Waals surface area contributed by atoms with Crippen LogP contribution in [0.1, 0.15) is 16.7 Å². The van der Waals surface area contributed by atoms with Crippen molar-refractivity contribution in [2.75, 3.05) is 19.0 Å². The number of phenols is 2. The molecule has 7 nitrogen and oxygen atoms in total. The van der Waals surface area contributed by atoms with Crippen molar-refractivity contribution in [3.05, 3.63) is 98.4 Å². The lowest BCUT2D eigenvalue weighted by molar-refractivity contribution is 0.466. The molecule has 0 aliphatic carbocycles. The molecule has 2 N–H and O–H groups in total. The van der Waals surface area contributed by atoms with E-state index in [4.69, 9.17) is 9.40 Å². The largest absolute Gasteiger partial charge is 0.508 e. The zero-order chi connectivity index (χ0) is 26.3. The van der Waals surface area contributed by atoms with Crippen LogP contribution in [-0.4, -0.2) is 34.3 Å². The summed E-state index contributed by atoms with van der Waals surface area (Å²) >= 11 is 3.46. The van der Waals surface area contributed by atoms with Crippen molar-refractivity contribution in [1.29, 1.82) is 0 Å². The summed E-state index contributed by atoms with van der Waals surface area (Å²) in [6, 6.07) is 17.8. The Morgan fingerprint density at radius 2 is 1.73 bits per heavy atom. The standard InChI is InChI=1S/C29H24BrN3O4/c1-16-20-10-12-24(35)22(27(20)37-28(36)25(16)17-7-5-4-6-8-17)13-18-15-31-29(33(2)3)32-26(18)21-14-19(30)9-11-23(21)34/h4-12,14-15,34-35H,13H2,1-3H3. The van der Waals surface area contributed by atoms with Crippen molar-refractivity contribution >= 4 is 32.8 Å². The molecule has 5 rings (SSSR count). The number of aryl methyl sites for hydroxylation is 1. The maximum absolute atomic E-state index is 13.1. The van der Waals surface area contributed by atoms with E-state index in [0.29, 0.717) is 39.5 Å². The first-order chi connectivity index (χ1) is 17.7. The van der Waals surface area contributed by atoms with E-state index in [-0.39, 0.29) is 17.9 Å². The first-order valence-electron chi connectivity index (χ1n) is 11.6. The highest BCUT2D eigenvalue weighted by Crippen LogP contribution is 2.37. The monoisotopic (exact) mass is 557 g/mol. The number of hydrogen-bond acceptors (Lipinski definition) is 7. The molecule has 8 heteroatoms. The van der Waals surface area contributed by atoms with Crippen LogP contribution in [0.3, 0.4) is 0 Å². The minimum atomic E-state index is -0.480. The third-order valence-corrected chi connectivity index (χ3v) is 6.80. The molecule has 0 saturated heterocycles. The first kappa shape index (κ1) is 24.5. The summed E-state index contributed by atoms with van der Waals surface area (Å²) in [6.07, 6.45) is 1.84. The Bertz CT molecular complexity index is 1700. The number of hydrogen-bond donors (Lipinski definition) is 2. The van der Waals surface area contributed by atoms with Crippen LogP contribution in [0.2, 0.25) is 0 Å². The molecule has 186 valence electrons. The Morgan fingerprint density at radius 1 is 1.00 bits per heavy atom. The van der Waals surface area contributed by atoms with Gasteiger partial charge in [-0.1, -0.05) is 46.3 Å². The fourth-order valence-electron chi connectivity index (χ4n) is 4.43. The smallest absolute Gasteiger partial charge is 0.344 e. The van der Waals surface area contributed by atoms with E-state index in [9.17, 15) is 15.0 Å². The number of benzene rings is 3. The number of aromatic hydroxyl groups is 2. The van der Waals surface area contributed by atoms with Crippen LogP contribution < -0.4 is 10.5 Å². The van der Waals surface area contributed by atoms with Gasteiger partial charge in [0.2, 0.25) is 5.95 Å². The fourth-order valence-corrected chi connectivity index (χ4v) is 4.80. The lowest BCUT2D eigenvalue weighted by Crippen LogP contribution is -2.14. The van der Waals surface area contributed by atoms with E-state index < -0.39 is 5.63 Å². The molecule has 0 aliphatic rings. The molecule has 0 unspecified atom stereocenters. The predicted octanol–water partition coefficient (Wildman–Crippen LogP) is 6.06. The molecule has 0 fully saturated rings. The Morgan fingerprint density at radius 3 is 2.46 bits per heavy atom. The van der Waals surface area contributed by atoms with Gasteiger partial charge in [0.15, 0.2) is 0 Å². The Kier molecular flexibility index (Phi) is 6.43. The molecule has 3 aromatic carbocycles. The summed E-state index contributed by atoms with van der Waals surface area (Å²) in [6.45, 7) is 1.88. The van der Waals surface area contributed by atoms with Crippen molar-refractivity contribution in [3.8, 4) is 33.9 Å². The van der Waals surface area contributed by atoms with Gasteiger partial charge in [-0.05, 0) is 48.4 Å². The van der Waals surface area contributed by atoms with Crippen molar-refractivity contribution in [1.82, 2.24) is 9.97 Å². The van der Waals surface area contributed by atoms with E-state index >= 15 is 0 Å². The lowest BCUT2D eigenvalue weighted by Gasteiger charge is -2.17. The number of nitrogens with zero attached hydrogens (tertiary/aromatic N) is 3. The third-order valence-electron chi connectivity index (χ3n) is 6.31. The van der Waals surface area contributed by atoms with Gasteiger partial charge in [0.05, 0.1) is 11.3 Å². The quantitative estimate of drug-likeness (QED) is 0.253. The Labute approximate surface area is 221 Å². The van der Waals surface area contributed by atoms with Gasteiger partial charge >= 0.3 is 5.63 Å². The number of aromatic nitrogens is 2. The Hall–Kier alpha value is -4.17. The van der Waals surface area contributed by atoms with Gasteiger partial charge in [0.1, 0.15) is 17.1 Å². The summed E-state index contributed by atoms with van der Waals surface area (Å²) in [4.78, 5) is 24.1. The average molecular weight is 558 g/mol. The maximum atomic E-state index is 13.1. The number of phenolic OH excluding ortho intramolecular Hbond substituents is 2. The first-order valence-corrected chi connectivity index (χ1v) is 12.4. The summed E-state index contributed by atoms with van der Waals surface area (Å²) in [5, 5.41) is 22.2. The van der Waals surface area contributed by atoms with E-state index in [2.05, 4.69) is 20.9 Å². The highest BCUT2D eigenvalue weighted by atomic mass is 79.9. The molecular formula is C29H24BrN3O4. The average Bonchev–Trinajstić information content (AvgIpc) is 2.88. The van der Waals surface area contributed by atoms with Crippen LogP contribution in [0, 0.1) is 6.92 Å². The number of anilines is 1. The SMILES string of the molecule is Cc1c(-c2ccccc2)c(=O)oc2c(Cc3cnc(N(C)C)nc3-c3cc(Br)ccc3O)c(O)ccc12.